The zero-order chi connectivity index (χ0) is 21.1. The van der Waals surface area contributed by atoms with Crippen LogP contribution in [0.1, 0.15) is 41.3 Å². The molecule has 1 atom stereocenters. The Bertz CT molecular complexity index is 1080. The number of aromatic amines is 1. The fourth-order valence-electron chi connectivity index (χ4n) is 3.03. The van der Waals surface area contributed by atoms with Gasteiger partial charge in [-0.15, -0.1) is 11.3 Å². The Balaban J connectivity index is 1.68. The van der Waals surface area contributed by atoms with E-state index >= 15 is 0 Å². The number of carbonyl (C=O) groups excluding carboxylic acids is 1. The van der Waals surface area contributed by atoms with Crippen LogP contribution >= 0.6 is 11.3 Å². The van der Waals surface area contributed by atoms with E-state index < -0.39 is 6.10 Å². The summed E-state index contributed by atoms with van der Waals surface area (Å²) < 4.78 is 16.0. The molecule has 0 saturated carbocycles. The third-order valence-corrected chi connectivity index (χ3v) is 5.88. The number of hydrogen-bond donors (Lipinski definition) is 1. The number of aromatic nitrogens is 2. The fourth-order valence-corrected chi connectivity index (χ4v) is 4.07. The minimum absolute atomic E-state index is 0.185. The summed E-state index contributed by atoms with van der Waals surface area (Å²) in [5.74, 6) is 1.30. The standard InChI is InChI=1S/C21H24N2O5S/c1-11-13(3)29-21-18(11)20(25)22-19(23-21)12(2)28-17(24)7-6-14-8-15(26-4)10-16(9-14)27-5/h8-10,12H,6-7H2,1-5H3,(H,22,23,25)/t12-/m1/s1. The van der Waals surface area contributed by atoms with Crippen molar-refractivity contribution in [2.75, 3.05) is 14.2 Å². The average molecular weight is 416 g/mol. The molecule has 0 aliphatic heterocycles. The van der Waals surface area contributed by atoms with Gasteiger partial charge in [0, 0.05) is 17.4 Å². The highest BCUT2D eigenvalue weighted by atomic mass is 32.1. The molecule has 8 heteroatoms. The molecule has 7 nitrogen and oxygen atoms in total. The average Bonchev–Trinajstić information content (AvgIpc) is 3.00. The number of ether oxygens (including phenoxy) is 3. The largest absolute Gasteiger partial charge is 0.497 e. The summed E-state index contributed by atoms with van der Waals surface area (Å²) in [6, 6.07) is 5.48. The molecule has 0 radical (unpaired) electrons. The van der Waals surface area contributed by atoms with E-state index in [0.717, 1.165) is 16.0 Å². The third kappa shape index (κ3) is 4.59. The van der Waals surface area contributed by atoms with Crippen molar-refractivity contribution >= 4 is 27.5 Å². The number of aryl methyl sites for hydroxylation is 3. The van der Waals surface area contributed by atoms with Crippen molar-refractivity contribution in [2.24, 2.45) is 0 Å². The topological polar surface area (TPSA) is 90.5 Å². The zero-order valence-corrected chi connectivity index (χ0v) is 17.9. The van der Waals surface area contributed by atoms with Gasteiger partial charge in [-0.3, -0.25) is 9.59 Å². The summed E-state index contributed by atoms with van der Waals surface area (Å²) in [6.07, 6.45) is 0.0117. The van der Waals surface area contributed by atoms with Crippen LogP contribution in [0.3, 0.4) is 0 Å². The van der Waals surface area contributed by atoms with Gasteiger partial charge in [0.2, 0.25) is 0 Å². The van der Waals surface area contributed by atoms with Gasteiger partial charge < -0.3 is 19.2 Å². The molecule has 0 saturated heterocycles. The number of methoxy groups -OCH3 is 2. The van der Waals surface area contributed by atoms with Gasteiger partial charge in [-0.25, -0.2) is 4.98 Å². The summed E-state index contributed by atoms with van der Waals surface area (Å²) >= 11 is 1.46. The molecule has 0 bridgehead atoms. The molecule has 154 valence electrons. The molecule has 0 amide bonds. The predicted molar refractivity (Wildman–Crippen MR) is 112 cm³/mol. The lowest BCUT2D eigenvalue weighted by molar-refractivity contribution is -0.148. The molecule has 0 spiro atoms. The Labute approximate surface area is 172 Å². The summed E-state index contributed by atoms with van der Waals surface area (Å²) in [6.45, 7) is 5.56. The number of hydrogen-bond acceptors (Lipinski definition) is 7. The molecule has 3 rings (SSSR count). The van der Waals surface area contributed by atoms with Crippen LogP contribution in [0.25, 0.3) is 10.2 Å². The van der Waals surface area contributed by atoms with Crippen LogP contribution in [0.2, 0.25) is 0 Å². The fraction of sp³-hybridized carbons (Fsp3) is 0.381. The molecule has 29 heavy (non-hydrogen) atoms. The Morgan fingerprint density at radius 1 is 1.17 bits per heavy atom. The van der Waals surface area contributed by atoms with Crippen LogP contribution in [0.15, 0.2) is 23.0 Å². The van der Waals surface area contributed by atoms with E-state index in [0.29, 0.717) is 34.0 Å². The Kier molecular flexibility index (Phi) is 6.22. The maximum absolute atomic E-state index is 12.4. The predicted octanol–water partition coefficient (Wildman–Crippen LogP) is 3.86. The first-order valence-electron chi connectivity index (χ1n) is 9.23. The first-order valence-corrected chi connectivity index (χ1v) is 10.0. The molecule has 2 aromatic heterocycles. The van der Waals surface area contributed by atoms with Gasteiger partial charge in [-0.2, -0.15) is 0 Å². The number of benzene rings is 1. The lowest BCUT2D eigenvalue weighted by Crippen LogP contribution is -2.17. The first-order chi connectivity index (χ1) is 13.8. The van der Waals surface area contributed by atoms with Crippen molar-refractivity contribution in [1.82, 2.24) is 9.97 Å². The monoisotopic (exact) mass is 416 g/mol. The Hall–Kier alpha value is -2.87. The van der Waals surface area contributed by atoms with E-state index in [-0.39, 0.29) is 17.9 Å². The molecule has 1 aromatic carbocycles. The first kappa shape index (κ1) is 20.9. The molecule has 1 N–H and O–H groups in total. The number of rotatable bonds is 7. The molecule has 0 fully saturated rings. The highest BCUT2D eigenvalue weighted by Gasteiger charge is 2.18. The van der Waals surface area contributed by atoms with Crippen LogP contribution in [-0.4, -0.2) is 30.2 Å². The van der Waals surface area contributed by atoms with Gasteiger partial charge in [0.25, 0.3) is 5.56 Å². The van der Waals surface area contributed by atoms with E-state index in [1.54, 1.807) is 27.2 Å². The maximum Gasteiger partial charge on any atom is 0.306 e. The van der Waals surface area contributed by atoms with Crippen LogP contribution in [0.5, 0.6) is 11.5 Å². The second kappa shape index (κ2) is 8.65. The summed E-state index contributed by atoms with van der Waals surface area (Å²) in [7, 11) is 3.16. The third-order valence-electron chi connectivity index (χ3n) is 4.78. The van der Waals surface area contributed by atoms with Gasteiger partial charge in [-0.1, -0.05) is 0 Å². The molecule has 3 aromatic rings. The van der Waals surface area contributed by atoms with Crippen LogP contribution in [-0.2, 0) is 16.0 Å². The number of thiophene rings is 1. The lowest BCUT2D eigenvalue weighted by Gasteiger charge is -2.13. The van der Waals surface area contributed by atoms with E-state index in [4.69, 9.17) is 14.2 Å². The van der Waals surface area contributed by atoms with Gasteiger partial charge in [0.15, 0.2) is 11.9 Å². The summed E-state index contributed by atoms with van der Waals surface area (Å²) in [4.78, 5) is 33.7. The SMILES string of the molecule is COc1cc(CCC(=O)O[C@H](C)c2nc3sc(C)c(C)c3c(=O)[nH]2)cc(OC)c1. The molecular weight excluding hydrogens is 392 g/mol. The normalized spacial score (nSPS) is 12.0. The minimum Gasteiger partial charge on any atom is -0.497 e. The van der Waals surface area contributed by atoms with E-state index in [1.807, 2.05) is 26.0 Å². The van der Waals surface area contributed by atoms with E-state index in [2.05, 4.69) is 9.97 Å². The highest BCUT2D eigenvalue weighted by molar-refractivity contribution is 7.18. The van der Waals surface area contributed by atoms with Crippen molar-refractivity contribution in [1.29, 1.82) is 0 Å². The summed E-state index contributed by atoms with van der Waals surface area (Å²) in [5.41, 5.74) is 1.63. The Morgan fingerprint density at radius 3 is 2.45 bits per heavy atom. The number of H-pyrrole nitrogens is 1. The van der Waals surface area contributed by atoms with Crippen molar-refractivity contribution in [3.63, 3.8) is 0 Å². The van der Waals surface area contributed by atoms with Crippen LogP contribution < -0.4 is 15.0 Å². The molecule has 2 heterocycles. The van der Waals surface area contributed by atoms with Gasteiger partial charge in [0.1, 0.15) is 16.3 Å². The molecule has 0 unspecified atom stereocenters. The minimum atomic E-state index is -0.651. The number of nitrogens with one attached hydrogen (secondary N) is 1. The maximum atomic E-state index is 12.4. The molecule has 0 aliphatic rings. The highest BCUT2D eigenvalue weighted by Crippen LogP contribution is 2.27. The van der Waals surface area contributed by atoms with Crippen molar-refractivity contribution in [3.05, 3.63) is 50.4 Å². The zero-order valence-electron chi connectivity index (χ0n) is 17.1. The van der Waals surface area contributed by atoms with Crippen LogP contribution in [0, 0.1) is 13.8 Å². The van der Waals surface area contributed by atoms with Crippen LogP contribution in [0.4, 0.5) is 0 Å². The summed E-state index contributed by atoms with van der Waals surface area (Å²) in [5, 5.41) is 0.599. The Morgan fingerprint density at radius 2 is 1.83 bits per heavy atom. The van der Waals surface area contributed by atoms with E-state index in [9.17, 15) is 9.59 Å². The van der Waals surface area contributed by atoms with Crippen molar-refractivity contribution in [3.8, 4) is 11.5 Å². The number of nitrogens with zero attached hydrogens (tertiary/aromatic N) is 1. The lowest BCUT2D eigenvalue weighted by atomic mass is 10.1. The van der Waals surface area contributed by atoms with Gasteiger partial charge in [-0.05, 0) is 50.5 Å². The molecular formula is C21H24N2O5S. The van der Waals surface area contributed by atoms with Gasteiger partial charge >= 0.3 is 5.97 Å². The van der Waals surface area contributed by atoms with Crippen molar-refractivity contribution in [2.45, 2.75) is 39.7 Å². The second-order valence-electron chi connectivity index (χ2n) is 6.77. The smallest absolute Gasteiger partial charge is 0.306 e. The number of esters is 1. The number of carbonyl (C=O) groups is 1. The second-order valence-corrected chi connectivity index (χ2v) is 7.97. The molecule has 0 aliphatic carbocycles. The van der Waals surface area contributed by atoms with Crippen molar-refractivity contribution < 1.29 is 19.0 Å². The number of fused-ring (bicyclic) bond motifs is 1. The van der Waals surface area contributed by atoms with E-state index in [1.165, 1.54) is 11.3 Å². The van der Waals surface area contributed by atoms with Gasteiger partial charge in [0.05, 0.1) is 19.6 Å². The quantitative estimate of drug-likeness (QED) is 0.588.